The van der Waals surface area contributed by atoms with Crippen LogP contribution in [-0.4, -0.2) is 37.0 Å². The maximum atomic E-state index is 12.6. The van der Waals surface area contributed by atoms with E-state index >= 15 is 0 Å². The van der Waals surface area contributed by atoms with Crippen LogP contribution in [0.15, 0.2) is 54.6 Å². The second kappa shape index (κ2) is 9.44. The first-order valence-electron chi connectivity index (χ1n) is 8.49. The third-order valence-electron chi connectivity index (χ3n) is 4.49. The molecule has 0 bridgehead atoms. The molecule has 4 nitrogen and oxygen atoms in total. The van der Waals surface area contributed by atoms with Crippen LogP contribution in [-0.2, 0) is 6.61 Å². The second-order valence-corrected chi connectivity index (χ2v) is 6.21. The average molecular weight is 361 g/mol. The maximum Gasteiger partial charge on any atom is 0.253 e. The van der Waals surface area contributed by atoms with E-state index < -0.39 is 0 Å². The number of piperidine rings is 1. The molecule has 0 aliphatic carbocycles. The van der Waals surface area contributed by atoms with Crippen molar-refractivity contribution in [3.63, 3.8) is 0 Å². The van der Waals surface area contributed by atoms with Crippen molar-refractivity contribution in [2.45, 2.75) is 25.5 Å². The fourth-order valence-electron chi connectivity index (χ4n) is 2.97. The minimum atomic E-state index is 0. The third-order valence-corrected chi connectivity index (χ3v) is 4.49. The molecule has 5 heteroatoms. The zero-order valence-corrected chi connectivity index (χ0v) is 15.3. The fourth-order valence-corrected chi connectivity index (χ4v) is 2.97. The van der Waals surface area contributed by atoms with Gasteiger partial charge in [0, 0.05) is 25.2 Å². The van der Waals surface area contributed by atoms with Crippen molar-refractivity contribution in [3.05, 3.63) is 65.7 Å². The summed E-state index contributed by atoms with van der Waals surface area (Å²) in [6, 6.07) is 17.7. The van der Waals surface area contributed by atoms with E-state index in [2.05, 4.69) is 5.32 Å². The molecule has 1 heterocycles. The molecule has 2 aromatic rings. The van der Waals surface area contributed by atoms with Crippen molar-refractivity contribution in [2.24, 2.45) is 0 Å². The van der Waals surface area contributed by atoms with Gasteiger partial charge in [-0.05, 0) is 49.2 Å². The van der Waals surface area contributed by atoms with Gasteiger partial charge in [0.2, 0.25) is 0 Å². The lowest BCUT2D eigenvalue weighted by Crippen LogP contribution is -2.46. The van der Waals surface area contributed by atoms with Gasteiger partial charge in [0.15, 0.2) is 0 Å². The average Bonchev–Trinajstić information content (AvgIpc) is 2.67. The molecule has 0 radical (unpaired) electrons. The molecule has 134 valence electrons. The van der Waals surface area contributed by atoms with Gasteiger partial charge in [0.05, 0.1) is 0 Å². The van der Waals surface area contributed by atoms with Crippen LogP contribution in [0.25, 0.3) is 0 Å². The van der Waals surface area contributed by atoms with E-state index in [4.69, 9.17) is 4.74 Å². The van der Waals surface area contributed by atoms with Gasteiger partial charge in [0.25, 0.3) is 5.91 Å². The van der Waals surface area contributed by atoms with E-state index in [1.54, 1.807) is 0 Å². The van der Waals surface area contributed by atoms with Crippen LogP contribution < -0.4 is 10.1 Å². The zero-order chi connectivity index (χ0) is 16.8. The normalized spacial score (nSPS) is 16.6. The van der Waals surface area contributed by atoms with Crippen molar-refractivity contribution >= 4 is 18.3 Å². The standard InChI is InChI=1S/C20H24N2O2.ClH/c1-22(18-8-5-13-21-14-18)20(23)17-9-11-19(12-10-17)24-15-16-6-3-2-4-7-16;/h2-4,6-7,9-12,18,21H,5,8,13-15H2,1H3;1H/t18-;/m1./s1. The van der Waals surface area contributed by atoms with Crippen LogP contribution in [0.3, 0.4) is 0 Å². The summed E-state index contributed by atoms with van der Waals surface area (Å²) >= 11 is 0. The second-order valence-electron chi connectivity index (χ2n) is 6.21. The van der Waals surface area contributed by atoms with Crippen LogP contribution in [0.2, 0.25) is 0 Å². The van der Waals surface area contributed by atoms with Gasteiger partial charge in [-0.1, -0.05) is 30.3 Å². The molecule has 25 heavy (non-hydrogen) atoms. The Morgan fingerprint density at radius 2 is 1.88 bits per heavy atom. The molecule has 0 spiro atoms. The highest BCUT2D eigenvalue weighted by molar-refractivity contribution is 5.94. The van der Waals surface area contributed by atoms with Crippen molar-refractivity contribution in [2.75, 3.05) is 20.1 Å². The van der Waals surface area contributed by atoms with Gasteiger partial charge in [-0.25, -0.2) is 0 Å². The Morgan fingerprint density at radius 3 is 2.52 bits per heavy atom. The minimum absolute atomic E-state index is 0. The number of amides is 1. The number of halogens is 1. The topological polar surface area (TPSA) is 41.6 Å². The van der Waals surface area contributed by atoms with E-state index in [1.807, 2.05) is 66.5 Å². The molecule has 1 atom stereocenters. The van der Waals surface area contributed by atoms with E-state index in [0.717, 1.165) is 37.2 Å². The number of nitrogens with one attached hydrogen (secondary N) is 1. The summed E-state index contributed by atoms with van der Waals surface area (Å²) in [5.41, 5.74) is 1.83. The molecular formula is C20H25ClN2O2. The van der Waals surface area contributed by atoms with E-state index in [0.29, 0.717) is 12.2 Å². The Balaban J connectivity index is 0.00000225. The number of rotatable bonds is 5. The smallest absolute Gasteiger partial charge is 0.253 e. The summed E-state index contributed by atoms with van der Waals surface area (Å²) in [6.07, 6.45) is 2.18. The van der Waals surface area contributed by atoms with Gasteiger partial charge in [-0.3, -0.25) is 4.79 Å². The highest BCUT2D eigenvalue weighted by Crippen LogP contribution is 2.17. The molecule has 0 aromatic heterocycles. The summed E-state index contributed by atoms with van der Waals surface area (Å²) in [5, 5.41) is 3.35. The minimum Gasteiger partial charge on any atom is -0.489 e. The number of hydrogen-bond acceptors (Lipinski definition) is 3. The first-order chi connectivity index (χ1) is 11.7. The Kier molecular flexibility index (Phi) is 7.29. The monoisotopic (exact) mass is 360 g/mol. The van der Waals surface area contributed by atoms with E-state index in [-0.39, 0.29) is 24.4 Å². The SMILES string of the molecule is CN(C(=O)c1ccc(OCc2ccccc2)cc1)[C@@H]1CCCNC1.Cl. The van der Waals surface area contributed by atoms with Crippen molar-refractivity contribution in [1.82, 2.24) is 10.2 Å². The fraction of sp³-hybridized carbons (Fsp3) is 0.350. The summed E-state index contributed by atoms with van der Waals surface area (Å²) in [5.74, 6) is 0.843. The quantitative estimate of drug-likeness (QED) is 0.887. The van der Waals surface area contributed by atoms with Crippen LogP contribution in [0, 0.1) is 0 Å². The van der Waals surface area contributed by atoms with Crippen molar-refractivity contribution < 1.29 is 9.53 Å². The predicted octanol–water partition coefficient (Wildman–Crippen LogP) is 3.51. The third kappa shape index (κ3) is 5.21. The lowest BCUT2D eigenvalue weighted by Gasteiger charge is -2.31. The molecule has 0 saturated carbocycles. The molecule has 1 aliphatic heterocycles. The molecule has 1 N–H and O–H groups in total. The highest BCUT2D eigenvalue weighted by atomic mass is 35.5. The first-order valence-corrected chi connectivity index (χ1v) is 8.49. The molecule has 0 unspecified atom stereocenters. The first kappa shape index (κ1) is 19.3. The highest BCUT2D eigenvalue weighted by Gasteiger charge is 2.22. The Bertz CT molecular complexity index is 655. The summed E-state index contributed by atoms with van der Waals surface area (Å²) in [4.78, 5) is 14.4. The number of likely N-dealkylation sites (N-methyl/N-ethyl adjacent to an activating group) is 1. The molecule has 2 aromatic carbocycles. The molecule has 1 amide bonds. The summed E-state index contributed by atoms with van der Waals surface area (Å²) in [7, 11) is 1.89. The van der Waals surface area contributed by atoms with Crippen LogP contribution in [0.4, 0.5) is 0 Å². The van der Waals surface area contributed by atoms with Crippen LogP contribution in [0.5, 0.6) is 5.75 Å². The van der Waals surface area contributed by atoms with Gasteiger partial charge in [0.1, 0.15) is 12.4 Å². The lowest BCUT2D eigenvalue weighted by molar-refractivity contribution is 0.0708. The largest absolute Gasteiger partial charge is 0.489 e. The number of carbonyl (C=O) groups excluding carboxylic acids is 1. The number of hydrogen-bond donors (Lipinski definition) is 1. The number of ether oxygens (including phenoxy) is 1. The van der Waals surface area contributed by atoms with Crippen LogP contribution >= 0.6 is 12.4 Å². The van der Waals surface area contributed by atoms with Gasteiger partial charge in [-0.2, -0.15) is 0 Å². The molecule has 1 aliphatic rings. The van der Waals surface area contributed by atoms with Gasteiger partial charge < -0.3 is 15.0 Å². The van der Waals surface area contributed by atoms with E-state index in [9.17, 15) is 4.79 Å². The van der Waals surface area contributed by atoms with Crippen molar-refractivity contribution in [1.29, 1.82) is 0 Å². The zero-order valence-electron chi connectivity index (χ0n) is 14.5. The number of benzene rings is 2. The van der Waals surface area contributed by atoms with Crippen LogP contribution in [0.1, 0.15) is 28.8 Å². The Labute approximate surface area is 155 Å². The predicted molar refractivity (Wildman–Crippen MR) is 102 cm³/mol. The molecular weight excluding hydrogens is 336 g/mol. The van der Waals surface area contributed by atoms with Gasteiger partial charge in [-0.15, -0.1) is 12.4 Å². The molecule has 3 rings (SSSR count). The molecule has 1 saturated heterocycles. The Morgan fingerprint density at radius 1 is 1.16 bits per heavy atom. The number of nitrogens with zero attached hydrogens (tertiary/aromatic N) is 1. The lowest BCUT2D eigenvalue weighted by atomic mass is 10.1. The summed E-state index contributed by atoms with van der Waals surface area (Å²) < 4.78 is 5.77. The molecule has 1 fully saturated rings. The number of carbonyl (C=O) groups is 1. The maximum absolute atomic E-state index is 12.6. The van der Waals surface area contributed by atoms with Crippen molar-refractivity contribution in [3.8, 4) is 5.75 Å². The summed E-state index contributed by atoms with van der Waals surface area (Å²) in [6.45, 7) is 2.45. The Hall–Kier alpha value is -2.04. The van der Waals surface area contributed by atoms with E-state index in [1.165, 1.54) is 0 Å². The van der Waals surface area contributed by atoms with Gasteiger partial charge >= 0.3 is 0 Å².